The number of nitrogens with two attached hydrogens (primary N) is 1. The van der Waals surface area contributed by atoms with Crippen LogP contribution in [-0.2, 0) is 6.42 Å². The lowest BCUT2D eigenvalue weighted by molar-refractivity contribution is 0.194. The first kappa shape index (κ1) is 12.9. The van der Waals surface area contributed by atoms with E-state index in [1.54, 1.807) is 17.5 Å². The second-order valence-corrected chi connectivity index (χ2v) is 6.31. The molecule has 1 aromatic heterocycles. The van der Waals surface area contributed by atoms with Crippen molar-refractivity contribution in [2.24, 2.45) is 11.7 Å². The van der Waals surface area contributed by atoms with Gasteiger partial charge in [-0.25, -0.2) is 4.98 Å². The smallest absolute Gasteiger partial charge is 0.115 e. The minimum atomic E-state index is 0.459. The van der Waals surface area contributed by atoms with E-state index in [9.17, 15) is 0 Å². The molecule has 2 heterocycles. The summed E-state index contributed by atoms with van der Waals surface area (Å²) in [5.41, 5.74) is 5.57. The average molecular weight is 269 g/mol. The number of hydrogen-bond donors (Lipinski definition) is 1. The molecule has 1 fully saturated rings. The highest BCUT2D eigenvalue weighted by molar-refractivity contribution is 7.81. The van der Waals surface area contributed by atoms with Gasteiger partial charge in [-0.15, -0.1) is 11.3 Å². The lowest BCUT2D eigenvalue weighted by atomic mass is 9.99. The number of piperidine rings is 1. The molecule has 0 bridgehead atoms. The average Bonchev–Trinajstić information content (AvgIpc) is 2.77. The van der Waals surface area contributed by atoms with Gasteiger partial charge >= 0.3 is 0 Å². The van der Waals surface area contributed by atoms with Crippen molar-refractivity contribution in [1.29, 1.82) is 0 Å². The highest BCUT2D eigenvalue weighted by atomic mass is 32.1. The van der Waals surface area contributed by atoms with E-state index in [2.05, 4.69) is 16.8 Å². The summed E-state index contributed by atoms with van der Waals surface area (Å²) < 4.78 is 0. The van der Waals surface area contributed by atoms with E-state index in [-0.39, 0.29) is 0 Å². The Morgan fingerprint density at radius 2 is 2.29 bits per heavy atom. The molecule has 1 saturated heterocycles. The molecule has 0 aromatic carbocycles. The molecular weight excluding hydrogens is 250 g/mol. The van der Waals surface area contributed by atoms with Crippen LogP contribution in [0.3, 0.4) is 0 Å². The molecule has 94 valence electrons. The molecule has 0 spiro atoms. The normalized spacial score (nSPS) is 18.4. The van der Waals surface area contributed by atoms with Gasteiger partial charge < -0.3 is 10.6 Å². The molecule has 2 N–H and O–H groups in total. The van der Waals surface area contributed by atoms with E-state index < -0.39 is 0 Å². The van der Waals surface area contributed by atoms with E-state index in [0.29, 0.717) is 4.99 Å². The molecule has 1 aliphatic rings. The number of thiocarbonyl (C=S) groups is 1. The quantitative estimate of drug-likeness (QED) is 0.850. The first-order chi connectivity index (χ1) is 8.15. The van der Waals surface area contributed by atoms with Gasteiger partial charge in [0, 0.05) is 19.2 Å². The van der Waals surface area contributed by atoms with Crippen LogP contribution in [0, 0.1) is 5.92 Å². The summed E-state index contributed by atoms with van der Waals surface area (Å²) in [6.45, 7) is 5.91. The molecule has 17 heavy (non-hydrogen) atoms. The summed E-state index contributed by atoms with van der Waals surface area (Å²) in [4.78, 5) is 8.28. The Hall–Kier alpha value is -0.520. The number of hydrogen-bond acceptors (Lipinski definition) is 4. The summed E-state index contributed by atoms with van der Waals surface area (Å²) in [6.07, 6.45) is 5.47. The summed E-state index contributed by atoms with van der Waals surface area (Å²) in [5, 5.41) is 1.14. The van der Waals surface area contributed by atoms with Crippen LogP contribution in [-0.4, -0.2) is 34.5 Å². The van der Waals surface area contributed by atoms with Crippen LogP contribution in [0.4, 0.5) is 0 Å². The van der Waals surface area contributed by atoms with Gasteiger partial charge in [-0.05, 0) is 31.8 Å². The van der Waals surface area contributed by atoms with Crippen LogP contribution >= 0.6 is 23.6 Å². The third kappa shape index (κ3) is 3.72. The first-order valence-electron chi connectivity index (χ1n) is 6.12. The molecule has 0 unspecified atom stereocenters. The Morgan fingerprint density at radius 1 is 1.59 bits per heavy atom. The number of aromatic nitrogens is 1. The monoisotopic (exact) mass is 269 g/mol. The summed E-state index contributed by atoms with van der Waals surface area (Å²) in [7, 11) is 0. The fourth-order valence-electron chi connectivity index (χ4n) is 2.08. The molecule has 0 saturated carbocycles. The summed E-state index contributed by atoms with van der Waals surface area (Å²) in [6, 6.07) is 0. The number of rotatable bonds is 4. The molecule has 3 nitrogen and oxygen atoms in total. The van der Waals surface area contributed by atoms with Gasteiger partial charge in [0.1, 0.15) is 4.99 Å². The number of likely N-dealkylation sites (tertiary alicyclic amines) is 1. The fourth-order valence-corrected chi connectivity index (χ4v) is 3.02. The van der Waals surface area contributed by atoms with Crippen LogP contribution in [0.5, 0.6) is 0 Å². The Bertz CT molecular complexity index is 381. The highest BCUT2D eigenvalue weighted by Gasteiger charge is 2.15. The predicted octanol–water partition coefficient (Wildman–Crippen LogP) is 2.05. The minimum absolute atomic E-state index is 0.459. The van der Waals surface area contributed by atoms with E-state index >= 15 is 0 Å². The molecule has 1 aromatic rings. The van der Waals surface area contributed by atoms with E-state index in [1.165, 1.54) is 25.9 Å². The van der Waals surface area contributed by atoms with Gasteiger partial charge in [-0.3, -0.25) is 0 Å². The Morgan fingerprint density at radius 3 is 2.88 bits per heavy atom. The maximum absolute atomic E-state index is 5.57. The standard InChI is InChI=1S/C12H19N3S2/c1-9-2-5-15(6-3-9)7-4-11-14-8-10(17-11)12(13)16/h8-9H,2-7H2,1H3,(H2,13,16). The summed E-state index contributed by atoms with van der Waals surface area (Å²) >= 11 is 6.56. The number of thiazole rings is 1. The maximum atomic E-state index is 5.57. The first-order valence-corrected chi connectivity index (χ1v) is 7.34. The molecule has 1 aliphatic heterocycles. The SMILES string of the molecule is CC1CCN(CCc2ncc(C(N)=S)s2)CC1. The molecule has 0 aliphatic carbocycles. The van der Waals surface area contributed by atoms with Crippen molar-refractivity contribution in [3.05, 3.63) is 16.1 Å². The van der Waals surface area contributed by atoms with Crippen molar-refractivity contribution in [2.75, 3.05) is 19.6 Å². The van der Waals surface area contributed by atoms with Gasteiger partial charge in [0.2, 0.25) is 0 Å². The van der Waals surface area contributed by atoms with Crippen LogP contribution in [0.25, 0.3) is 0 Å². The predicted molar refractivity (Wildman–Crippen MR) is 76.5 cm³/mol. The van der Waals surface area contributed by atoms with Crippen molar-refractivity contribution in [2.45, 2.75) is 26.2 Å². The fraction of sp³-hybridized carbons (Fsp3) is 0.667. The topological polar surface area (TPSA) is 42.2 Å². The molecule has 5 heteroatoms. The molecule has 0 radical (unpaired) electrons. The third-order valence-electron chi connectivity index (χ3n) is 3.31. The highest BCUT2D eigenvalue weighted by Crippen LogP contribution is 2.18. The summed E-state index contributed by atoms with van der Waals surface area (Å²) in [5.74, 6) is 0.896. The van der Waals surface area contributed by atoms with Crippen LogP contribution < -0.4 is 5.73 Å². The van der Waals surface area contributed by atoms with Gasteiger partial charge in [0.15, 0.2) is 0 Å². The van der Waals surface area contributed by atoms with Crippen molar-refractivity contribution < 1.29 is 0 Å². The van der Waals surface area contributed by atoms with Gasteiger partial charge in [-0.2, -0.15) is 0 Å². The second-order valence-electron chi connectivity index (χ2n) is 4.76. The van der Waals surface area contributed by atoms with Gasteiger partial charge in [0.25, 0.3) is 0 Å². The third-order valence-corrected chi connectivity index (χ3v) is 4.75. The Balaban J connectivity index is 1.79. The van der Waals surface area contributed by atoms with Gasteiger partial charge in [0.05, 0.1) is 9.88 Å². The van der Waals surface area contributed by atoms with Crippen molar-refractivity contribution in [3.8, 4) is 0 Å². The minimum Gasteiger partial charge on any atom is -0.389 e. The Labute approximate surface area is 112 Å². The van der Waals surface area contributed by atoms with Crippen molar-refractivity contribution in [1.82, 2.24) is 9.88 Å². The van der Waals surface area contributed by atoms with Crippen LogP contribution in [0.15, 0.2) is 6.20 Å². The Kier molecular flexibility index (Phi) is 4.48. The lowest BCUT2D eigenvalue weighted by Gasteiger charge is -2.29. The zero-order chi connectivity index (χ0) is 12.3. The van der Waals surface area contributed by atoms with Crippen LogP contribution in [0.2, 0.25) is 0 Å². The van der Waals surface area contributed by atoms with E-state index in [4.69, 9.17) is 18.0 Å². The molecule has 0 amide bonds. The lowest BCUT2D eigenvalue weighted by Crippen LogP contribution is -2.34. The molecule has 0 atom stereocenters. The molecule has 2 rings (SSSR count). The van der Waals surface area contributed by atoms with Crippen molar-refractivity contribution in [3.63, 3.8) is 0 Å². The zero-order valence-electron chi connectivity index (χ0n) is 10.2. The van der Waals surface area contributed by atoms with Crippen LogP contribution in [0.1, 0.15) is 29.7 Å². The van der Waals surface area contributed by atoms with E-state index in [1.807, 2.05) is 0 Å². The zero-order valence-corrected chi connectivity index (χ0v) is 11.8. The number of nitrogens with zero attached hydrogens (tertiary/aromatic N) is 2. The van der Waals surface area contributed by atoms with Gasteiger partial charge in [-0.1, -0.05) is 19.1 Å². The van der Waals surface area contributed by atoms with Crippen molar-refractivity contribution >= 4 is 28.5 Å². The van der Waals surface area contributed by atoms with E-state index in [0.717, 1.165) is 28.8 Å². The largest absolute Gasteiger partial charge is 0.389 e. The maximum Gasteiger partial charge on any atom is 0.115 e. The molecular formula is C12H19N3S2. The second kappa shape index (κ2) is 5.89.